The molecule has 0 aliphatic rings. The monoisotopic (exact) mass is 498 g/mol. The normalized spacial score (nSPS) is 12.7. The number of carboxylic acid groups (broad SMARTS) is 1. The number of rotatable bonds is 8. The van der Waals surface area contributed by atoms with Crippen LogP contribution in [0.15, 0.2) is 71.8 Å². The number of aromatic nitrogens is 2. The summed E-state index contributed by atoms with van der Waals surface area (Å²) in [7, 11) is 0. The minimum atomic E-state index is -4.37. The summed E-state index contributed by atoms with van der Waals surface area (Å²) in [5.41, 5.74) is 3.93. The first-order chi connectivity index (χ1) is 16.6. The van der Waals surface area contributed by atoms with Gasteiger partial charge in [0.05, 0.1) is 16.8 Å². The minimum absolute atomic E-state index is 0.119. The van der Waals surface area contributed by atoms with E-state index in [4.69, 9.17) is 5.11 Å². The fraction of sp³-hybridized carbons (Fsp3) is 0.259. The smallest absolute Gasteiger partial charge is 0.416 e. The van der Waals surface area contributed by atoms with Gasteiger partial charge in [-0.2, -0.15) is 18.3 Å². The van der Waals surface area contributed by atoms with Gasteiger partial charge in [0, 0.05) is 28.7 Å². The maximum absolute atomic E-state index is 12.9. The highest BCUT2D eigenvalue weighted by atomic mass is 32.2. The van der Waals surface area contributed by atoms with E-state index in [-0.39, 0.29) is 12.3 Å². The number of thioether (sulfide) groups is 1. The molecule has 1 N–H and O–H groups in total. The van der Waals surface area contributed by atoms with Crippen LogP contribution < -0.4 is 0 Å². The number of alkyl halides is 3. The Morgan fingerprint density at radius 3 is 2.51 bits per heavy atom. The molecule has 1 aromatic heterocycles. The van der Waals surface area contributed by atoms with Crippen molar-refractivity contribution < 1.29 is 23.1 Å². The average Bonchev–Trinajstić information content (AvgIpc) is 3.26. The van der Waals surface area contributed by atoms with Crippen molar-refractivity contribution in [2.75, 3.05) is 5.75 Å². The summed E-state index contributed by atoms with van der Waals surface area (Å²) in [5, 5.41) is 14.5. The summed E-state index contributed by atoms with van der Waals surface area (Å²) in [5.74, 6) is 0.207. The first kappa shape index (κ1) is 24.9. The van der Waals surface area contributed by atoms with Crippen LogP contribution >= 0.6 is 11.8 Å². The van der Waals surface area contributed by atoms with E-state index in [1.165, 1.54) is 12.1 Å². The molecule has 4 aromatic rings. The quantitative estimate of drug-likeness (QED) is 0.260. The van der Waals surface area contributed by atoms with Crippen LogP contribution in [0.3, 0.4) is 0 Å². The molecular weight excluding hydrogens is 473 g/mol. The number of carbonyl (C=O) groups is 1. The Morgan fingerprint density at radius 1 is 1.11 bits per heavy atom. The Balaban J connectivity index is 1.49. The highest BCUT2D eigenvalue weighted by molar-refractivity contribution is 7.99. The van der Waals surface area contributed by atoms with E-state index in [0.717, 1.165) is 50.4 Å². The number of carboxylic acids is 1. The van der Waals surface area contributed by atoms with Crippen LogP contribution in [0.2, 0.25) is 0 Å². The molecule has 4 rings (SSSR count). The third kappa shape index (κ3) is 5.88. The zero-order chi connectivity index (χ0) is 25.2. The lowest BCUT2D eigenvalue weighted by atomic mass is 10.0. The molecule has 0 saturated heterocycles. The second-order valence-electron chi connectivity index (χ2n) is 8.60. The van der Waals surface area contributed by atoms with Crippen LogP contribution in [-0.2, 0) is 17.4 Å². The lowest BCUT2D eigenvalue weighted by Crippen LogP contribution is -2.05. The molecule has 0 bridgehead atoms. The number of hydrogen-bond acceptors (Lipinski definition) is 3. The third-order valence-corrected chi connectivity index (χ3v) is 7.23. The molecule has 0 aliphatic carbocycles. The maximum atomic E-state index is 12.9. The van der Waals surface area contributed by atoms with Crippen LogP contribution in [0.4, 0.5) is 13.2 Å². The summed E-state index contributed by atoms with van der Waals surface area (Å²) < 4.78 is 40.3. The summed E-state index contributed by atoms with van der Waals surface area (Å²) in [6.45, 7) is 4.13. The van der Waals surface area contributed by atoms with Gasteiger partial charge in [0.15, 0.2) is 0 Å². The van der Waals surface area contributed by atoms with E-state index in [2.05, 4.69) is 18.1 Å². The molecule has 3 aromatic carbocycles. The van der Waals surface area contributed by atoms with Crippen molar-refractivity contribution in [2.45, 2.75) is 43.7 Å². The van der Waals surface area contributed by atoms with Crippen molar-refractivity contribution in [3.05, 3.63) is 89.1 Å². The van der Waals surface area contributed by atoms with E-state index >= 15 is 0 Å². The zero-order valence-corrected chi connectivity index (χ0v) is 20.2. The van der Waals surface area contributed by atoms with E-state index < -0.39 is 17.7 Å². The van der Waals surface area contributed by atoms with Gasteiger partial charge in [0.2, 0.25) is 0 Å². The van der Waals surface area contributed by atoms with Crippen molar-refractivity contribution >= 4 is 28.6 Å². The van der Waals surface area contributed by atoms with Gasteiger partial charge < -0.3 is 5.11 Å². The number of nitrogens with zero attached hydrogens (tertiary/aromatic N) is 2. The predicted molar refractivity (Wildman–Crippen MR) is 132 cm³/mol. The van der Waals surface area contributed by atoms with Gasteiger partial charge in [0.25, 0.3) is 0 Å². The Labute approximate surface area is 205 Å². The van der Waals surface area contributed by atoms with Crippen LogP contribution in [0.1, 0.15) is 41.5 Å². The molecule has 0 fully saturated rings. The van der Waals surface area contributed by atoms with Gasteiger partial charge in [-0.25, -0.2) is 4.68 Å². The summed E-state index contributed by atoms with van der Waals surface area (Å²) in [6.07, 6.45) is -1.90. The number of benzene rings is 3. The Hall–Kier alpha value is -3.26. The van der Waals surface area contributed by atoms with Crippen LogP contribution in [0, 0.1) is 6.92 Å². The van der Waals surface area contributed by atoms with Crippen LogP contribution in [0.5, 0.6) is 0 Å². The lowest BCUT2D eigenvalue weighted by molar-refractivity contribution is -0.138. The zero-order valence-electron chi connectivity index (χ0n) is 19.3. The Morgan fingerprint density at radius 2 is 1.86 bits per heavy atom. The third-order valence-electron chi connectivity index (χ3n) is 5.98. The van der Waals surface area contributed by atoms with Gasteiger partial charge in [-0.05, 0) is 72.4 Å². The van der Waals surface area contributed by atoms with Gasteiger partial charge in [-0.3, -0.25) is 4.79 Å². The van der Waals surface area contributed by atoms with Crippen LogP contribution in [0.25, 0.3) is 16.6 Å². The molecule has 0 amide bonds. The topological polar surface area (TPSA) is 55.1 Å². The summed E-state index contributed by atoms with van der Waals surface area (Å²) >= 11 is 1.73. The molecule has 0 radical (unpaired) electrons. The number of halogens is 3. The van der Waals surface area contributed by atoms with Gasteiger partial charge >= 0.3 is 12.1 Å². The van der Waals surface area contributed by atoms with E-state index in [9.17, 15) is 18.0 Å². The summed E-state index contributed by atoms with van der Waals surface area (Å²) in [6, 6.07) is 17.1. The number of aliphatic carboxylic acids is 1. The molecule has 4 nitrogen and oxygen atoms in total. The molecule has 8 heteroatoms. The number of hydrogen-bond donors (Lipinski definition) is 1. The standard InChI is InChI=1S/C27H25F3N2O2S/c1-17-14-23(12-6-19(17)7-13-25(33)34)35-16-18(2)24-5-3-4-20-15-32(31-26(20)24)22-10-8-21(9-11-22)27(28,29)30/h3-6,8-12,14-15,18H,7,13,16H2,1-2H3,(H,33,34). The molecule has 182 valence electrons. The fourth-order valence-electron chi connectivity index (χ4n) is 3.99. The first-order valence-corrected chi connectivity index (χ1v) is 12.2. The second-order valence-corrected chi connectivity index (χ2v) is 9.69. The SMILES string of the molecule is Cc1cc(SCC(C)c2cccc3cn(-c4ccc(C(F)(F)F)cc4)nc23)ccc1CCC(=O)O. The number of aryl methyl sites for hydroxylation is 2. The lowest BCUT2D eigenvalue weighted by Gasteiger charge is -2.13. The minimum Gasteiger partial charge on any atom is -0.481 e. The van der Waals surface area contributed by atoms with Crippen molar-refractivity contribution in [1.29, 1.82) is 0 Å². The van der Waals surface area contributed by atoms with Crippen molar-refractivity contribution in [3.8, 4) is 5.69 Å². The van der Waals surface area contributed by atoms with E-state index in [0.29, 0.717) is 12.1 Å². The van der Waals surface area contributed by atoms with E-state index in [1.807, 2.05) is 43.5 Å². The molecule has 35 heavy (non-hydrogen) atoms. The Bertz CT molecular complexity index is 1350. The first-order valence-electron chi connectivity index (χ1n) is 11.2. The van der Waals surface area contributed by atoms with Crippen LogP contribution in [-0.4, -0.2) is 26.6 Å². The molecule has 1 heterocycles. The van der Waals surface area contributed by atoms with Gasteiger partial charge in [0.1, 0.15) is 0 Å². The van der Waals surface area contributed by atoms with Gasteiger partial charge in [-0.15, -0.1) is 11.8 Å². The summed E-state index contributed by atoms with van der Waals surface area (Å²) in [4.78, 5) is 12.0. The largest absolute Gasteiger partial charge is 0.481 e. The average molecular weight is 499 g/mol. The predicted octanol–water partition coefficient (Wildman–Crippen LogP) is 7.27. The van der Waals surface area contributed by atoms with Crippen molar-refractivity contribution in [2.24, 2.45) is 0 Å². The molecule has 0 saturated carbocycles. The fourth-order valence-corrected chi connectivity index (χ4v) is 5.04. The highest BCUT2D eigenvalue weighted by Gasteiger charge is 2.30. The van der Waals surface area contributed by atoms with Gasteiger partial charge in [-0.1, -0.05) is 31.2 Å². The highest BCUT2D eigenvalue weighted by Crippen LogP contribution is 2.32. The Kier molecular flexibility index (Phi) is 7.21. The maximum Gasteiger partial charge on any atom is 0.416 e. The van der Waals surface area contributed by atoms with Crippen molar-refractivity contribution in [1.82, 2.24) is 9.78 Å². The van der Waals surface area contributed by atoms with E-state index in [1.54, 1.807) is 16.4 Å². The van der Waals surface area contributed by atoms with Crippen molar-refractivity contribution in [3.63, 3.8) is 0 Å². The second kappa shape index (κ2) is 10.2. The molecule has 1 unspecified atom stereocenters. The molecular formula is C27H25F3N2O2S. The molecule has 0 aliphatic heterocycles. The number of fused-ring (bicyclic) bond motifs is 1. The molecule has 0 spiro atoms. The molecule has 1 atom stereocenters.